The molecular formula is C19H18N2O4. The lowest BCUT2D eigenvalue weighted by Gasteiger charge is -2.07. The first-order valence-electron chi connectivity index (χ1n) is 7.84. The highest BCUT2D eigenvalue weighted by Crippen LogP contribution is 2.17. The summed E-state index contributed by atoms with van der Waals surface area (Å²) >= 11 is 0. The van der Waals surface area contributed by atoms with Gasteiger partial charge in [0.05, 0.1) is 5.56 Å². The van der Waals surface area contributed by atoms with Gasteiger partial charge in [-0.1, -0.05) is 18.2 Å². The molecule has 0 amide bonds. The number of carbonyl (C=O) groups excluding carboxylic acids is 2. The summed E-state index contributed by atoms with van der Waals surface area (Å²) in [6.07, 6.45) is 0. The number of hydrogen-bond donors (Lipinski definition) is 1. The lowest BCUT2D eigenvalue weighted by Crippen LogP contribution is -2.17. The molecule has 0 aliphatic rings. The van der Waals surface area contributed by atoms with E-state index in [1.54, 1.807) is 30.3 Å². The minimum Gasteiger partial charge on any atom is -0.454 e. The van der Waals surface area contributed by atoms with Gasteiger partial charge in [0.25, 0.3) is 0 Å². The number of aryl methyl sites for hydroxylation is 1. The molecule has 3 rings (SSSR count). The molecule has 6 heteroatoms. The number of nitrogens with one attached hydrogen (secondary N) is 1. The Kier molecular flexibility index (Phi) is 4.27. The predicted octanol–water partition coefficient (Wildman–Crippen LogP) is 2.52. The van der Waals surface area contributed by atoms with Gasteiger partial charge in [0, 0.05) is 41.0 Å². The van der Waals surface area contributed by atoms with Gasteiger partial charge in [-0.3, -0.25) is 9.59 Å². The molecule has 25 heavy (non-hydrogen) atoms. The number of Topliss-reactive ketones (excluding diaryl/α,β-unsaturated/α-hetero) is 1. The molecule has 2 heterocycles. The fraction of sp³-hybridized carbons (Fsp3) is 0.211. The number of aromatic nitrogens is 2. The molecule has 0 aliphatic heterocycles. The van der Waals surface area contributed by atoms with Gasteiger partial charge in [-0.25, -0.2) is 4.79 Å². The average Bonchev–Trinajstić information content (AvgIpc) is 2.86. The maximum absolute atomic E-state index is 12.4. The number of benzene rings is 1. The molecule has 0 radical (unpaired) electrons. The fourth-order valence-corrected chi connectivity index (χ4v) is 2.80. The van der Waals surface area contributed by atoms with Crippen molar-refractivity contribution in [1.82, 2.24) is 9.55 Å². The summed E-state index contributed by atoms with van der Waals surface area (Å²) < 4.78 is 7.06. The monoisotopic (exact) mass is 338 g/mol. The fourth-order valence-electron chi connectivity index (χ4n) is 2.80. The Hall–Kier alpha value is -3.15. The van der Waals surface area contributed by atoms with Crippen LogP contribution in [0.4, 0.5) is 0 Å². The molecule has 128 valence electrons. The highest BCUT2D eigenvalue weighted by Gasteiger charge is 2.18. The summed E-state index contributed by atoms with van der Waals surface area (Å²) in [6, 6.07) is 9.90. The van der Waals surface area contributed by atoms with Crippen molar-refractivity contribution in [2.45, 2.75) is 13.8 Å². The molecule has 0 spiro atoms. The number of ketones is 1. The van der Waals surface area contributed by atoms with Crippen molar-refractivity contribution in [1.29, 1.82) is 0 Å². The number of fused-ring (bicyclic) bond motifs is 1. The van der Waals surface area contributed by atoms with E-state index in [0.29, 0.717) is 16.5 Å². The van der Waals surface area contributed by atoms with Gasteiger partial charge in [-0.05, 0) is 26.0 Å². The third kappa shape index (κ3) is 3.10. The molecule has 0 bridgehead atoms. The quantitative estimate of drug-likeness (QED) is 0.585. The largest absolute Gasteiger partial charge is 0.454 e. The van der Waals surface area contributed by atoms with Gasteiger partial charge < -0.3 is 14.3 Å². The number of para-hydroxylation sites is 1. The molecule has 0 fully saturated rings. The topological polar surface area (TPSA) is 81.2 Å². The van der Waals surface area contributed by atoms with Crippen molar-refractivity contribution in [2.24, 2.45) is 7.05 Å². The van der Waals surface area contributed by atoms with E-state index in [4.69, 9.17) is 4.74 Å². The molecule has 0 saturated heterocycles. The first-order chi connectivity index (χ1) is 11.9. The van der Waals surface area contributed by atoms with Crippen molar-refractivity contribution in [3.8, 4) is 0 Å². The van der Waals surface area contributed by atoms with Crippen LogP contribution in [0.1, 0.15) is 32.1 Å². The SMILES string of the molecule is Cc1cc(C(=O)COC(=O)c2cc(=O)[nH]c3ccccc23)c(C)n1C. The van der Waals surface area contributed by atoms with Gasteiger partial charge in [-0.2, -0.15) is 0 Å². The summed E-state index contributed by atoms with van der Waals surface area (Å²) in [7, 11) is 1.87. The number of aromatic amines is 1. The van der Waals surface area contributed by atoms with Gasteiger partial charge in [0.2, 0.25) is 11.3 Å². The number of pyridine rings is 1. The van der Waals surface area contributed by atoms with E-state index in [0.717, 1.165) is 11.4 Å². The predicted molar refractivity (Wildman–Crippen MR) is 94.1 cm³/mol. The molecule has 6 nitrogen and oxygen atoms in total. The Balaban J connectivity index is 1.83. The second-order valence-corrected chi connectivity index (χ2v) is 5.94. The standard InChI is InChI=1S/C19H18N2O4/c1-11-8-14(12(2)21(11)3)17(22)10-25-19(24)15-9-18(23)20-16-7-5-4-6-13(15)16/h4-9H,10H2,1-3H3,(H,20,23). The molecule has 0 aliphatic carbocycles. The third-order valence-corrected chi connectivity index (χ3v) is 4.38. The van der Waals surface area contributed by atoms with Gasteiger partial charge in [0.1, 0.15) is 0 Å². The average molecular weight is 338 g/mol. The Bertz CT molecular complexity index is 1040. The molecule has 1 N–H and O–H groups in total. The van der Waals surface area contributed by atoms with Gasteiger partial charge in [0.15, 0.2) is 6.61 Å². The van der Waals surface area contributed by atoms with Crippen LogP contribution in [0.3, 0.4) is 0 Å². The van der Waals surface area contributed by atoms with Crippen LogP contribution >= 0.6 is 0 Å². The Morgan fingerprint density at radius 3 is 2.52 bits per heavy atom. The van der Waals surface area contributed by atoms with Crippen LogP contribution in [-0.2, 0) is 11.8 Å². The summed E-state index contributed by atoms with van der Waals surface area (Å²) in [5.41, 5.74) is 2.60. The number of carbonyl (C=O) groups is 2. The van der Waals surface area contributed by atoms with Crippen LogP contribution in [0.5, 0.6) is 0 Å². The second kappa shape index (κ2) is 6.39. The van der Waals surface area contributed by atoms with Crippen LogP contribution < -0.4 is 5.56 Å². The molecule has 3 aromatic rings. The summed E-state index contributed by atoms with van der Waals surface area (Å²) in [6.45, 7) is 3.37. The normalized spacial score (nSPS) is 10.8. The maximum Gasteiger partial charge on any atom is 0.339 e. The van der Waals surface area contributed by atoms with E-state index >= 15 is 0 Å². The zero-order valence-corrected chi connectivity index (χ0v) is 14.3. The highest BCUT2D eigenvalue weighted by molar-refractivity contribution is 6.05. The lowest BCUT2D eigenvalue weighted by atomic mass is 10.1. The van der Waals surface area contributed by atoms with E-state index in [2.05, 4.69) is 4.98 Å². The van der Waals surface area contributed by atoms with Crippen LogP contribution in [0, 0.1) is 13.8 Å². The number of ether oxygens (including phenoxy) is 1. The van der Waals surface area contributed by atoms with Crippen molar-refractivity contribution < 1.29 is 14.3 Å². The summed E-state index contributed by atoms with van der Waals surface area (Å²) in [5, 5.41) is 0.575. The minimum absolute atomic E-state index is 0.146. The smallest absolute Gasteiger partial charge is 0.339 e. The van der Waals surface area contributed by atoms with E-state index in [9.17, 15) is 14.4 Å². The molecular weight excluding hydrogens is 320 g/mol. The second-order valence-electron chi connectivity index (χ2n) is 5.94. The molecule has 0 atom stereocenters. The van der Waals surface area contributed by atoms with Crippen molar-refractivity contribution >= 4 is 22.7 Å². The number of hydrogen-bond acceptors (Lipinski definition) is 4. The van der Waals surface area contributed by atoms with E-state index in [1.165, 1.54) is 6.07 Å². The van der Waals surface area contributed by atoms with Crippen molar-refractivity contribution in [3.63, 3.8) is 0 Å². The lowest BCUT2D eigenvalue weighted by molar-refractivity contribution is 0.0476. The van der Waals surface area contributed by atoms with E-state index in [1.807, 2.05) is 25.5 Å². The maximum atomic E-state index is 12.4. The first kappa shape index (κ1) is 16.7. The molecule has 2 aromatic heterocycles. The Labute approximate surface area is 144 Å². The Morgan fingerprint density at radius 1 is 1.12 bits per heavy atom. The van der Waals surface area contributed by atoms with Crippen LogP contribution in [0.25, 0.3) is 10.9 Å². The molecule has 1 aromatic carbocycles. The number of rotatable bonds is 4. The third-order valence-electron chi connectivity index (χ3n) is 4.38. The van der Waals surface area contributed by atoms with E-state index in [-0.39, 0.29) is 18.0 Å². The first-order valence-corrected chi connectivity index (χ1v) is 7.84. The van der Waals surface area contributed by atoms with Crippen molar-refractivity contribution in [3.05, 3.63) is 69.3 Å². The van der Waals surface area contributed by atoms with Crippen molar-refractivity contribution in [2.75, 3.05) is 6.61 Å². The highest BCUT2D eigenvalue weighted by atomic mass is 16.5. The van der Waals surface area contributed by atoms with Crippen LogP contribution in [-0.4, -0.2) is 27.9 Å². The minimum atomic E-state index is -0.694. The van der Waals surface area contributed by atoms with Crippen LogP contribution in [0.2, 0.25) is 0 Å². The zero-order valence-electron chi connectivity index (χ0n) is 14.3. The number of esters is 1. The summed E-state index contributed by atoms with van der Waals surface area (Å²) in [4.78, 5) is 39.1. The summed E-state index contributed by atoms with van der Waals surface area (Å²) in [5.74, 6) is -0.968. The molecule has 0 unspecified atom stereocenters. The van der Waals surface area contributed by atoms with E-state index < -0.39 is 11.5 Å². The zero-order chi connectivity index (χ0) is 18.1. The van der Waals surface area contributed by atoms with Crippen LogP contribution in [0.15, 0.2) is 41.2 Å². The molecule has 0 saturated carbocycles. The van der Waals surface area contributed by atoms with Gasteiger partial charge >= 0.3 is 5.97 Å². The Morgan fingerprint density at radius 2 is 1.84 bits per heavy atom. The van der Waals surface area contributed by atoms with Gasteiger partial charge in [-0.15, -0.1) is 0 Å². The number of H-pyrrole nitrogens is 1. The number of nitrogens with zero attached hydrogens (tertiary/aromatic N) is 1.